The van der Waals surface area contributed by atoms with Crippen molar-refractivity contribution < 1.29 is 4.39 Å². The van der Waals surface area contributed by atoms with Crippen LogP contribution in [0.5, 0.6) is 0 Å². The van der Waals surface area contributed by atoms with Crippen LogP contribution < -0.4 is 10.6 Å². The molecule has 0 fully saturated rings. The number of anilines is 1. The van der Waals surface area contributed by atoms with Gasteiger partial charge in [0.05, 0.1) is 17.9 Å². The Hall–Kier alpha value is -1.95. The Morgan fingerprint density at radius 2 is 2.16 bits per heavy atom. The first-order chi connectivity index (χ1) is 9.24. The molecule has 0 aliphatic carbocycles. The molecule has 2 N–H and O–H groups in total. The monoisotopic (exact) mass is 263 g/mol. The van der Waals surface area contributed by atoms with Gasteiger partial charge in [-0.15, -0.1) is 5.10 Å². The average Bonchev–Trinajstić information content (AvgIpc) is 2.89. The smallest absolute Gasteiger partial charge is 0.146 e. The van der Waals surface area contributed by atoms with E-state index in [-0.39, 0.29) is 5.82 Å². The lowest BCUT2D eigenvalue weighted by atomic mass is 10.2. The van der Waals surface area contributed by atoms with Gasteiger partial charge in [-0.3, -0.25) is 4.68 Å². The minimum atomic E-state index is -0.203. The highest BCUT2D eigenvalue weighted by atomic mass is 19.1. The van der Waals surface area contributed by atoms with Crippen LogP contribution in [0.3, 0.4) is 0 Å². The minimum Gasteiger partial charge on any atom is -0.368 e. The summed E-state index contributed by atoms with van der Waals surface area (Å²) < 4.78 is 15.4. The summed E-state index contributed by atoms with van der Waals surface area (Å²) in [6.45, 7) is 4.43. The van der Waals surface area contributed by atoms with Crippen LogP contribution >= 0.6 is 0 Å². The van der Waals surface area contributed by atoms with Crippen molar-refractivity contribution >= 4 is 5.69 Å². The number of aromatic nitrogens is 3. The van der Waals surface area contributed by atoms with Crippen molar-refractivity contribution in [2.45, 2.75) is 20.0 Å². The summed E-state index contributed by atoms with van der Waals surface area (Å²) in [5.41, 5.74) is 6.85. The third-order valence-electron chi connectivity index (χ3n) is 2.97. The van der Waals surface area contributed by atoms with Gasteiger partial charge in [-0.05, 0) is 19.1 Å². The first-order valence-electron chi connectivity index (χ1n) is 6.33. The number of rotatable bonds is 6. The van der Waals surface area contributed by atoms with E-state index in [0.29, 0.717) is 25.3 Å². The van der Waals surface area contributed by atoms with Crippen LogP contribution in [0.4, 0.5) is 10.1 Å². The van der Waals surface area contributed by atoms with Gasteiger partial charge >= 0.3 is 0 Å². The lowest BCUT2D eigenvalue weighted by Crippen LogP contribution is -2.28. The van der Waals surface area contributed by atoms with Crippen LogP contribution in [-0.4, -0.2) is 28.1 Å². The molecule has 1 aromatic carbocycles. The van der Waals surface area contributed by atoms with Crippen LogP contribution in [0.25, 0.3) is 0 Å². The van der Waals surface area contributed by atoms with E-state index in [2.05, 4.69) is 10.3 Å². The Balaban J connectivity index is 2.02. The number of halogens is 1. The third-order valence-corrected chi connectivity index (χ3v) is 2.97. The predicted octanol–water partition coefficient (Wildman–Crippen LogP) is 1.40. The molecular weight excluding hydrogens is 245 g/mol. The second kappa shape index (κ2) is 6.29. The zero-order chi connectivity index (χ0) is 13.7. The summed E-state index contributed by atoms with van der Waals surface area (Å²) in [5, 5.41) is 7.90. The topological polar surface area (TPSA) is 60.0 Å². The van der Waals surface area contributed by atoms with E-state index in [9.17, 15) is 4.39 Å². The molecule has 0 amide bonds. The predicted molar refractivity (Wildman–Crippen MR) is 72.2 cm³/mol. The Morgan fingerprint density at radius 1 is 1.37 bits per heavy atom. The van der Waals surface area contributed by atoms with Gasteiger partial charge in [0.25, 0.3) is 0 Å². The molecular formula is C13H18FN5. The molecule has 0 atom stereocenters. The number of para-hydroxylation sites is 1. The fourth-order valence-corrected chi connectivity index (χ4v) is 1.92. The molecule has 2 rings (SSSR count). The molecule has 19 heavy (non-hydrogen) atoms. The molecule has 0 saturated heterocycles. The van der Waals surface area contributed by atoms with Crippen molar-refractivity contribution in [3.05, 3.63) is 42.0 Å². The molecule has 1 aromatic heterocycles. The van der Waals surface area contributed by atoms with Crippen molar-refractivity contribution in [3.8, 4) is 0 Å². The highest BCUT2D eigenvalue weighted by Gasteiger charge is 2.09. The molecule has 0 aliphatic rings. The summed E-state index contributed by atoms with van der Waals surface area (Å²) in [6, 6.07) is 6.78. The first-order valence-corrected chi connectivity index (χ1v) is 6.33. The molecule has 6 heteroatoms. The van der Waals surface area contributed by atoms with Crippen molar-refractivity contribution in [1.82, 2.24) is 15.0 Å². The van der Waals surface area contributed by atoms with Crippen LogP contribution in [0.15, 0.2) is 30.5 Å². The molecule has 0 unspecified atom stereocenters. The number of nitrogens with zero attached hydrogens (tertiary/aromatic N) is 4. The quantitative estimate of drug-likeness (QED) is 0.856. The normalized spacial score (nSPS) is 10.7. The van der Waals surface area contributed by atoms with Gasteiger partial charge in [-0.25, -0.2) is 4.39 Å². The summed E-state index contributed by atoms with van der Waals surface area (Å²) in [7, 11) is 0. The minimum absolute atomic E-state index is 0.203. The largest absolute Gasteiger partial charge is 0.368 e. The van der Waals surface area contributed by atoms with Crippen LogP contribution in [0.2, 0.25) is 0 Å². The highest BCUT2D eigenvalue weighted by molar-refractivity contribution is 5.47. The summed E-state index contributed by atoms with van der Waals surface area (Å²) in [5.74, 6) is -0.203. The second-order valence-corrected chi connectivity index (χ2v) is 4.21. The molecule has 5 nitrogen and oxygen atoms in total. The van der Waals surface area contributed by atoms with Crippen LogP contribution in [0.1, 0.15) is 12.6 Å². The SMILES string of the molecule is CCN(CCn1cc(CN)nn1)c1ccccc1F. The number of benzene rings is 1. The Kier molecular flexibility index (Phi) is 4.46. The van der Waals surface area contributed by atoms with Gasteiger partial charge in [0.1, 0.15) is 5.82 Å². The van der Waals surface area contributed by atoms with Crippen molar-refractivity contribution in [2.24, 2.45) is 5.73 Å². The van der Waals surface area contributed by atoms with Crippen LogP contribution in [-0.2, 0) is 13.1 Å². The van der Waals surface area contributed by atoms with Crippen molar-refractivity contribution in [1.29, 1.82) is 0 Å². The molecule has 0 bridgehead atoms. The Bertz CT molecular complexity index is 525. The molecule has 0 spiro atoms. The molecule has 0 aliphatic heterocycles. The number of hydrogen-bond acceptors (Lipinski definition) is 4. The van der Waals surface area contributed by atoms with E-state index in [4.69, 9.17) is 5.73 Å². The van der Waals surface area contributed by atoms with Gasteiger partial charge in [-0.1, -0.05) is 17.3 Å². The number of hydrogen-bond donors (Lipinski definition) is 1. The van der Waals surface area contributed by atoms with E-state index in [1.165, 1.54) is 6.07 Å². The van der Waals surface area contributed by atoms with Crippen molar-refractivity contribution in [2.75, 3.05) is 18.0 Å². The van der Waals surface area contributed by atoms with Gasteiger partial charge in [0.2, 0.25) is 0 Å². The highest BCUT2D eigenvalue weighted by Crippen LogP contribution is 2.18. The molecule has 1 heterocycles. The van der Waals surface area contributed by atoms with E-state index in [1.54, 1.807) is 16.8 Å². The van der Waals surface area contributed by atoms with E-state index in [0.717, 1.165) is 12.2 Å². The van der Waals surface area contributed by atoms with E-state index < -0.39 is 0 Å². The zero-order valence-corrected chi connectivity index (χ0v) is 11.0. The molecule has 102 valence electrons. The maximum absolute atomic E-state index is 13.7. The number of likely N-dealkylation sites (N-methyl/N-ethyl adjacent to an activating group) is 1. The van der Waals surface area contributed by atoms with Crippen molar-refractivity contribution in [3.63, 3.8) is 0 Å². The van der Waals surface area contributed by atoms with Gasteiger partial charge < -0.3 is 10.6 Å². The maximum atomic E-state index is 13.7. The van der Waals surface area contributed by atoms with Gasteiger partial charge in [-0.2, -0.15) is 0 Å². The molecule has 0 saturated carbocycles. The summed E-state index contributed by atoms with van der Waals surface area (Å²) in [6.07, 6.45) is 1.81. The maximum Gasteiger partial charge on any atom is 0.146 e. The van der Waals surface area contributed by atoms with Crippen LogP contribution in [0, 0.1) is 5.82 Å². The molecule has 0 radical (unpaired) electrons. The first kappa shape index (κ1) is 13.5. The Morgan fingerprint density at radius 3 is 2.79 bits per heavy atom. The van der Waals surface area contributed by atoms with E-state index >= 15 is 0 Å². The third kappa shape index (κ3) is 3.29. The standard InChI is InChI=1S/C13H18FN5/c1-2-18(13-6-4-3-5-12(13)14)7-8-19-10-11(9-15)16-17-19/h3-6,10H,2,7-9,15H2,1H3. The zero-order valence-electron chi connectivity index (χ0n) is 11.0. The lowest BCUT2D eigenvalue weighted by molar-refractivity contribution is 0.567. The lowest BCUT2D eigenvalue weighted by Gasteiger charge is -2.23. The number of nitrogens with two attached hydrogens (primary N) is 1. The second-order valence-electron chi connectivity index (χ2n) is 4.21. The average molecular weight is 263 g/mol. The van der Waals surface area contributed by atoms with E-state index in [1.807, 2.05) is 24.1 Å². The fourth-order valence-electron chi connectivity index (χ4n) is 1.92. The molecule has 2 aromatic rings. The summed E-state index contributed by atoms with van der Waals surface area (Å²) >= 11 is 0. The van der Waals surface area contributed by atoms with Gasteiger partial charge in [0, 0.05) is 25.8 Å². The Labute approximate surface area is 111 Å². The summed E-state index contributed by atoms with van der Waals surface area (Å²) in [4.78, 5) is 1.97. The fraction of sp³-hybridized carbons (Fsp3) is 0.385. The van der Waals surface area contributed by atoms with Gasteiger partial charge in [0.15, 0.2) is 0 Å².